The third-order valence-corrected chi connectivity index (χ3v) is 3.88. The second-order valence-electron chi connectivity index (χ2n) is 6.37. The monoisotopic (exact) mass is 377 g/mol. The molecule has 0 aliphatic heterocycles. The van der Waals surface area contributed by atoms with E-state index in [0.29, 0.717) is 22.9 Å². The molecule has 0 aliphatic rings. The summed E-state index contributed by atoms with van der Waals surface area (Å²) >= 11 is 0. The fraction of sp³-hybridized carbons (Fsp3) is 0.182. The minimum atomic E-state index is -0.316. The highest BCUT2D eigenvalue weighted by atomic mass is 16.5. The fourth-order valence-electron chi connectivity index (χ4n) is 2.65. The first-order valence-corrected chi connectivity index (χ1v) is 9.00. The number of benzene rings is 2. The van der Waals surface area contributed by atoms with E-state index in [1.807, 2.05) is 56.3 Å². The van der Waals surface area contributed by atoms with Gasteiger partial charge in [-0.25, -0.2) is 0 Å². The van der Waals surface area contributed by atoms with E-state index in [9.17, 15) is 4.79 Å². The van der Waals surface area contributed by atoms with Crippen molar-refractivity contribution in [3.05, 3.63) is 72.6 Å². The standard InChI is InChI=1S/C22H23N3O3/c1-15(2)28-21-11-7-5-9-18(21)25-22(26)19-14-16(12-13-23-19)24-17-8-4-6-10-20(17)27-3/h4-15H,1-3H3,(H,23,24)(H,25,26). The first-order valence-electron chi connectivity index (χ1n) is 9.00. The molecule has 144 valence electrons. The number of ether oxygens (including phenoxy) is 2. The van der Waals surface area contributed by atoms with Gasteiger partial charge in [0.25, 0.3) is 5.91 Å². The summed E-state index contributed by atoms with van der Waals surface area (Å²) in [7, 11) is 1.61. The number of rotatable bonds is 7. The van der Waals surface area contributed by atoms with E-state index in [4.69, 9.17) is 9.47 Å². The third kappa shape index (κ3) is 4.79. The molecular weight excluding hydrogens is 354 g/mol. The van der Waals surface area contributed by atoms with E-state index >= 15 is 0 Å². The average Bonchev–Trinajstić information content (AvgIpc) is 2.70. The first-order chi connectivity index (χ1) is 13.6. The Kier molecular flexibility index (Phi) is 6.11. The van der Waals surface area contributed by atoms with Crippen LogP contribution in [-0.2, 0) is 0 Å². The zero-order valence-corrected chi connectivity index (χ0v) is 16.1. The lowest BCUT2D eigenvalue weighted by Crippen LogP contribution is -2.15. The first kappa shape index (κ1) is 19.2. The van der Waals surface area contributed by atoms with Gasteiger partial charge in [-0.2, -0.15) is 0 Å². The SMILES string of the molecule is COc1ccccc1Nc1ccnc(C(=O)Nc2ccccc2OC(C)C)c1. The second-order valence-corrected chi connectivity index (χ2v) is 6.37. The number of pyridine rings is 1. The molecule has 0 bridgehead atoms. The Morgan fingerprint density at radius 3 is 2.36 bits per heavy atom. The molecule has 1 amide bonds. The van der Waals surface area contributed by atoms with Gasteiger partial charge in [0, 0.05) is 11.9 Å². The van der Waals surface area contributed by atoms with E-state index in [1.54, 1.807) is 31.5 Å². The Labute approximate surface area is 164 Å². The average molecular weight is 377 g/mol. The molecule has 2 N–H and O–H groups in total. The summed E-state index contributed by atoms with van der Waals surface area (Å²) < 4.78 is 11.1. The number of methoxy groups -OCH3 is 1. The molecular formula is C22H23N3O3. The second kappa shape index (κ2) is 8.90. The molecule has 0 saturated carbocycles. The van der Waals surface area contributed by atoms with E-state index in [1.165, 1.54) is 0 Å². The molecule has 0 aliphatic carbocycles. The maximum absolute atomic E-state index is 12.7. The third-order valence-electron chi connectivity index (χ3n) is 3.88. The van der Waals surface area contributed by atoms with E-state index in [0.717, 1.165) is 11.4 Å². The van der Waals surface area contributed by atoms with Crippen molar-refractivity contribution in [1.29, 1.82) is 0 Å². The van der Waals surface area contributed by atoms with Gasteiger partial charge in [-0.1, -0.05) is 24.3 Å². The molecule has 1 aromatic heterocycles. The van der Waals surface area contributed by atoms with Gasteiger partial charge in [0.15, 0.2) is 0 Å². The Balaban J connectivity index is 1.78. The summed E-state index contributed by atoms with van der Waals surface area (Å²) in [6.07, 6.45) is 1.59. The number of carbonyl (C=O) groups is 1. The number of para-hydroxylation sites is 4. The zero-order chi connectivity index (χ0) is 19.9. The van der Waals surface area contributed by atoms with Crippen LogP contribution in [0.25, 0.3) is 0 Å². The van der Waals surface area contributed by atoms with Crippen LogP contribution >= 0.6 is 0 Å². The van der Waals surface area contributed by atoms with Gasteiger partial charge in [0.05, 0.1) is 24.6 Å². The summed E-state index contributed by atoms with van der Waals surface area (Å²) in [4.78, 5) is 16.9. The molecule has 2 aromatic carbocycles. The number of nitrogens with zero attached hydrogens (tertiary/aromatic N) is 1. The quantitative estimate of drug-likeness (QED) is 0.614. The highest BCUT2D eigenvalue weighted by Crippen LogP contribution is 2.28. The van der Waals surface area contributed by atoms with Gasteiger partial charge in [0.1, 0.15) is 17.2 Å². The number of hydrogen-bond donors (Lipinski definition) is 2. The predicted molar refractivity (Wildman–Crippen MR) is 111 cm³/mol. The van der Waals surface area contributed by atoms with Gasteiger partial charge in [-0.3, -0.25) is 9.78 Å². The van der Waals surface area contributed by atoms with Crippen LogP contribution in [0, 0.1) is 0 Å². The van der Waals surface area contributed by atoms with Crippen molar-refractivity contribution >= 4 is 23.0 Å². The molecule has 0 atom stereocenters. The number of nitrogens with one attached hydrogen (secondary N) is 2. The van der Waals surface area contributed by atoms with Crippen molar-refractivity contribution in [3.63, 3.8) is 0 Å². The van der Waals surface area contributed by atoms with Crippen LogP contribution in [0.3, 0.4) is 0 Å². The molecule has 0 unspecified atom stereocenters. The van der Waals surface area contributed by atoms with Gasteiger partial charge in [-0.15, -0.1) is 0 Å². The molecule has 28 heavy (non-hydrogen) atoms. The molecule has 6 nitrogen and oxygen atoms in total. The highest BCUT2D eigenvalue weighted by Gasteiger charge is 2.13. The number of amides is 1. The van der Waals surface area contributed by atoms with Crippen LogP contribution < -0.4 is 20.1 Å². The van der Waals surface area contributed by atoms with Crippen LogP contribution in [0.4, 0.5) is 17.1 Å². The zero-order valence-electron chi connectivity index (χ0n) is 16.1. The van der Waals surface area contributed by atoms with Crippen LogP contribution in [0.1, 0.15) is 24.3 Å². The van der Waals surface area contributed by atoms with E-state index in [2.05, 4.69) is 15.6 Å². The van der Waals surface area contributed by atoms with E-state index < -0.39 is 0 Å². The molecule has 3 aromatic rings. The molecule has 0 radical (unpaired) electrons. The molecule has 1 heterocycles. The summed E-state index contributed by atoms with van der Waals surface area (Å²) in [5.74, 6) is 1.02. The lowest BCUT2D eigenvalue weighted by atomic mass is 10.2. The largest absolute Gasteiger partial charge is 0.495 e. The number of anilines is 3. The Morgan fingerprint density at radius 1 is 0.964 bits per heavy atom. The Hall–Kier alpha value is -3.54. The van der Waals surface area contributed by atoms with Crippen LogP contribution in [0.5, 0.6) is 11.5 Å². The van der Waals surface area contributed by atoms with Crippen LogP contribution in [0.2, 0.25) is 0 Å². The Morgan fingerprint density at radius 2 is 1.64 bits per heavy atom. The topological polar surface area (TPSA) is 72.5 Å². The molecule has 0 spiro atoms. The summed E-state index contributed by atoms with van der Waals surface area (Å²) in [5, 5.41) is 6.12. The van der Waals surface area contributed by atoms with Crippen LogP contribution in [-0.4, -0.2) is 24.1 Å². The number of hydrogen-bond acceptors (Lipinski definition) is 5. The van der Waals surface area contributed by atoms with Gasteiger partial charge in [0.2, 0.25) is 0 Å². The van der Waals surface area contributed by atoms with Crippen molar-refractivity contribution in [2.45, 2.75) is 20.0 Å². The lowest BCUT2D eigenvalue weighted by molar-refractivity contribution is 0.102. The summed E-state index contributed by atoms with van der Waals surface area (Å²) in [5.41, 5.74) is 2.43. The maximum atomic E-state index is 12.7. The van der Waals surface area contributed by atoms with Crippen molar-refractivity contribution < 1.29 is 14.3 Å². The number of aromatic nitrogens is 1. The Bertz CT molecular complexity index is 957. The lowest BCUT2D eigenvalue weighted by Gasteiger charge is -2.15. The molecule has 3 rings (SSSR count). The van der Waals surface area contributed by atoms with Gasteiger partial charge in [-0.05, 0) is 50.2 Å². The normalized spacial score (nSPS) is 10.4. The summed E-state index contributed by atoms with van der Waals surface area (Å²) in [6, 6.07) is 18.4. The van der Waals surface area contributed by atoms with Gasteiger partial charge >= 0.3 is 0 Å². The highest BCUT2D eigenvalue weighted by molar-refractivity contribution is 6.04. The predicted octanol–water partition coefficient (Wildman–Crippen LogP) is 4.87. The fourth-order valence-corrected chi connectivity index (χ4v) is 2.65. The van der Waals surface area contributed by atoms with Crippen molar-refractivity contribution in [2.75, 3.05) is 17.7 Å². The summed E-state index contributed by atoms with van der Waals surface area (Å²) in [6.45, 7) is 3.88. The minimum absolute atomic E-state index is 0.00422. The van der Waals surface area contributed by atoms with Crippen LogP contribution in [0.15, 0.2) is 66.9 Å². The number of carbonyl (C=O) groups excluding carboxylic acids is 1. The molecule has 6 heteroatoms. The molecule has 0 saturated heterocycles. The van der Waals surface area contributed by atoms with E-state index in [-0.39, 0.29) is 12.0 Å². The van der Waals surface area contributed by atoms with Crippen molar-refractivity contribution in [1.82, 2.24) is 4.98 Å². The smallest absolute Gasteiger partial charge is 0.274 e. The van der Waals surface area contributed by atoms with Crippen molar-refractivity contribution in [3.8, 4) is 11.5 Å². The maximum Gasteiger partial charge on any atom is 0.274 e. The minimum Gasteiger partial charge on any atom is -0.495 e. The molecule has 0 fully saturated rings. The van der Waals surface area contributed by atoms with Gasteiger partial charge < -0.3 is 20.1 Å². The van der Waals surface area contributed by atoms with Crippen molar-refractivity contribution in [2.24, 2.45) is 0 Å².